The molecule has 2 aromatic carbocycles. The second-order valence-electron chi connectivity index (χ2n) is 4.10. The van der Waals surface area contributed by atoms with Crippen LogP contribution >= 0.6 is 43.5 Å². The van der Waals surface area contributed by atoms with Crippen LogP contribution in [0, 0.1) is 0 Å². The number of aryl methyl sites for hydroxylation is 1. The topological polar surface area (TPSA) is 9.23 Å². The molecular formula is C15H13Br2ClO. The maximum atomic E-state index is 6.10. The number of hydrogen-bond donors (Lipinski definition) is 0. The highest BCUT2D eigenvalue weighted by Crippen LogP contribution is 2.30. The van der Waals surface area contributed by atoms with Crippen LogP contribution in [0.4, 0.5) is 0 Å². The van der Waals surface area contributed by atoms with Crippen molar-refractivity contribution in [2.24, 2.45) is 0 Å². The molecule has 4 heteroatoms. The van der Waals surface area contributed by atoms with Gasteiger partial charge in [-0.25, -0.2) is 0 Å². The Kier molecular flexibility index (Phi) is 5.31. The van der Waals surface area contributed by atoms with E-state index >= 15 is 0 Å². The third kappa shape index (κ3) is 3.74. The standard InChI is InChI=1S/C15H13Br2ClO/c1-2-10-7-12(5-6-15(10)18)19-13-4-3-11(9-16)14(17)8-13/h3-8H,2,9H2,1H3. The molecule has 0 aliphatic carbocycles. The van der Waals surface area contributed by atoms with Crippen LogP contribution in [0.2, 0.25) is 5.02 Å². The average Bonchev–Trinajstić information content (AvgIpc) is 2.41. The minimum atomic E-state index is 0.783. The molecule has 0 fully saturated rings. The Morgan fingerprint density at radius 3 is 2.37 bits per heavy atom. The largest absolute Gasteiger partial charge is 0.457 e. The molecule has 0 saturated heterocycles. The maximum absolute atomic E-state index is 6.10. The first kappa shape index (κ1) is 14.9. The van der Waals surface area contributed by atoms with Gasteiger partial charge in [-0.1, -0.05) is 56.5 Å². The van der Waals surface area contributed by atoms with E-state index in [0.29, 0.717) is 0 Å². The van der Waals surface area contributed by atoms with Gasteiger partial charge in [-0.2, -0.15) is 0 Å². The fourth-order valence-electron chi connectivity index (χ4n) is 1.72. The lowest BCUT2D eigenvalue weighted by Crippen LogP contribution is -1.89. The van der Waals surface area contributed by atoms with Crippen LogP contribution in [0.5, 0.6) is 11.5 Å². The summed E-state index contributed by atoms with van der Waals surface area (Å²) in [7, 11) is 0. The van der Waals surface area contributed by atoms with Gasteiger partial charge < -0.3 is 4.74 Å². The fraction of sp³-hybridized carbons (Fsp3) is 0.200. The summed E-state index contributed by atoms with van der Waals surface area (Å²) in [5.41, 5.74) is 2.29. The molecule has 0 spiro atoms. The lowest BCUT2D eigenvalue weighted by atomic mass is 10.1. The van der Waals surface area contributed by atoms with Crippen molar-refractivity contribution >= 4 is 43.5 Å². The van der Waals surface area contributed by atoms with Crippen molar-refractivity contribution in [1.29, 1.82) is 0 Å². The predicted molar refractivity (Wildman–Crippen MR) is 87.7 cm³/mol. The van der Waals surface area contributed by atoms with Gasteiger partial charge in [-0.15, -0.1) is 0 Å². The van der Waals surface area contributed by atoms with Crippen LogP contribution in [-0.4, -0.2) is 0 Å². The van der Waals surface area contributed by atoms with Crippen LogP contribution in [0.15, 0.2) is 40.9 Å². The molecule has 1 nitrogen and oxygen atoms in total. The van der Waals surface area contributed by atoms with Crippen LogP contribution in [-0.2, 0) is 11.8 Å². The SMILES string of the molecule is CCc1cc(Oc2ccc(CBr)c(Br)c2)ccc1Cl. The Morgan fingerprint density at radius 2 is 1.74 bits per heavy atom. The highest BCUT2D eigenvalue weighted by molar-refractivity contribution is 9.10. The molecule has 0 N–H and O–H groups in total. The van der Waals surface area contributed by atoms with Gasteiger partial charge in [0.2, 0.25) is 0 Å². The predicted octanol–water partition coefficient (Wildman–Crippen LogP) is 6.35. The molecule has 100 valence electrons. The highest BCUT2D eigenvalue weighted by atomic mass is 79.9. The third-order valence-corrected chi connectivity index (χ3v) is 4.51. The van der Waals surface area contributed by atoms with Crippen molar-refractivity contribution in [3.05, 3.63) is 57.0 Å². The van der Waals surface area contributed by atoms with E-state index in [4.69, 9.17) is 16.3 Å². The number of ether oxygens (including phenoxy) is 1. The molecule has 0 aromatic heterocycles. The van der Waals surface area contributed by atoms with E-state index in [1.807, 2.05) is 36.4 Å². The summed E-state index contributed by atoms with van der Waals surface area (Å²) in [6, 6.07) is 11.7. The molecule has 2 rings (SSSR count). The van der Waals surface area contributed by atoms with E-state index in [9.17, 15) is 0 Å². The lowest BCUT2D eigenvalue weighted by molar-refractivity contribution is 0.481. The smallest absolute Gasteiger partial charge is 0.128 e. The summed E-state index contributed by atoms with van der Waals surface area (Å²) in [5.74, 6) is 1.61. The molecule has 0 unspecified atom stereocenters. The van der Waals surface area contributed by atoms with Crippen molar-refractivity contribution < 1.29 is 4.74 Å². The third-order valence-electron chi connectivity index (χ3n) is 2.80. The maximum Gasteiger partial charge on any atom is 0.128 e. The zero-order valence-corrected chi connectivity index (χ0v) is 14.3. The zero-order valence-electron chi connectivity index (χ0n) is 10.4. The van der Waals surface area contributed by atoms with Gasteiger partial charge >= 0.3 is 0 Å². The second kappa shape index (κ2) is 6.78. The first-order valence-corrected chi connectivity index (χ1v) is 8.24. The molecule has 0 aliphatic heterocycles. The van der Waals surface area contributed by atoms with Crippen molar-refractivity contribution in [2.45, 2.75) is 18.7 Å². The van der Waals surface area contributed by atoms with E-state index < -0.39 is 0 Å². The molecule has 0 saturated carbocycles. The molecule has 2 aromatic rings. The van der Waals surface area contributed by atoms with Gasteiger partial charge in [-0.05, 0) is 47.9 Å². The minimum absolute atomic E-state index is 0.783. The van der Waals surface area contributed by atoms with Gasteiger partial charge in [0.05, 0.1) is 0 Å². The highest BCUT2D eigenvalue weighted by Gasteiger charge is 2.05. The minimum Gasteiger partial charge on any atom is -0.457 e. The van der Waals surface area contributed by atoms with Crippen molar-refractivity contribution in [1.82, 2.24) is 0 Å². The van der Waals surface area contributed by atoms with Gasteiger partial charge in [0.15, 0.2) is 0 Å². The molecule has 0 heterocycles. The summed E-state index contributed by atoms with van der Waals surface area (Å²) >= 11 is 13.1. The Hall–Kier alpha value is -0.510. The Balaban J connectivity index is 2.23. The average molecular weight is 405 g/mol. The van der Waals surface area contributed by atoms with Crippen LogP contribution < -0.4 is 4.74 Å². The van der Waals surface area contributed by atoms with E-state index in [-0.39, 0.29) is 0 Å². The Morgan fingerprint density at radius 1 is 1.05 bits per heavy atom. The molecule has 0 atom stereocenters. The van der Waals surface area contributed by atoms with E-state index in [2.05, 4.69) is 38.8 Å². The van der Waals surface area contributed by atoms with Crippen LogP contribution in [0.1, 0.15) is 18.1 Å². The summed E-state index contributed by atoms with van der Waals surface area (Å²) in [5, 5.41) is 1.60. The Bertz CT molecular complexity index is 584. The van der Waals surface area contributed by atoms with Gasteiger partial charge in [0.25, 0.3) is 0 Å². The van der Waals surface area contributed by atoms with Crippen molar-refractivity contribution in [3.8, 4) is 11.5 Å². The summed E-state index contributed by atoms with van der Waals surface area (Å²) in [6.45, 7) is 2.08. The number of hydrogen-bond acceptors (Lipinski definition) is 1. The second-order valence-corrected chi connectivity index (χ2v) is 5.92. The molecule has 19 heavy (non-hydrogen) atoms. The summed E-state index contributed by atoms with van der Waals surface area (Å²) < 4.78 is 6.89. The number of halogens is 3. The molecule has 0 radical (unpaired) electrons. The van der Waals surface area contributed by atoms with E-state index in [1.54, 1.807) is 0 Å². The number of alkyl halides is 1. The normalized spacial score (nSPS) is 10.5. The molecule has 0 amide bonds. The monoisotopic (exact) mass is 402 g/mol. The molecular weight excluding hydrogens is 391 g/mol. The first-order valence-electron chi connectivity index (χ1n) is 5.94. The lowest BCUT2D eigenvalue weighted by Gasteiger charge is -2.10. The molecule has 0 aliphatic rings. The quantitative estimate of drug-likeness (QED) is 0.539. The fourth-order valence-corrected chi connectivity index (χ4v) is 3.34. The van der Waals surface area contributed by atoms with E-state index in [0.717, 1.165) is 38.3 Å². The van der Waals surface area contributed by atoms with Crippen molar-refractivity contribution in [3.63, 3.8) is 0 Å². The first-order chi connectivity index (χ1) is 9.13. The number of rotatable bonds is 4. The van der Waals surface area contributed by atoms with Gasteiger partial charge in [0, 0.05) is 14.8 Å². The zero-order chi connectivity index (χ0) is 13.8. The molecule has 0 bridgehead atoms. The van der Waals surface area contributed by atoms with Crippen LogP contribution in [0.3, 0.4) is 0 Å². The van der Waals surface area contributed by atoms with Gasteiger partial charge in [0.1, 0.15) is 11.5 Å². The summed E-state index contributed by atoms with van der Waals surface area (Å²) in [6.07, 6.45) is 0.891. The summed E-state index contributed by atoms with van der Waals surface area (Å²) in [4.78, 5) is 0. The van der Waals surface area contributed by atoms with Crippen LogP contribution in [0.25, 0.3) is 0 Å². The van der Waals surface area contributed by atoms with E-state index in [1.165, 1.54) is 5.56 Å². The number of benzene rings is 2. The Labute approximate surface area is 135 Å². The van der Waals surface area contributed by atoms with Crippen molar-refractivity contribution in [2.75, 3.05) is 0 Å². The van der Waals surface area contributed by atoms with Gasteiger partial charge in [-0.3, -0.25) is 0 Å².